The molecule has 108 valence electrons. The number of aryl methyl sites for hydroxylation is 1. The Labute approximate surface area is 117 Å². The van der Waals surface area contributed by atoms with Gasteiger partial charge in [-0.1, -0.05) is 0 Å². The van der Waals surface area contributed by atoms with Gasteiger partial charge in [0.2, 0.25) is 5.91 Å². The predicted octanol–water partition coefficient (Wildman–Crippen LogP) is 3.18. The SMILES string of the molecule is O=C1CCc2cc(Oc3nc(F)c(F)cc3F)ccc2N1. The number of fused-ring (bicyclic) bond motifs is 1. The number of carbonyl (C=O) groups excluding carboxylic acids is 1. The van der Waals surface area contributed by atoms with Gasteiger partial charge in [-0.2, -0.15) is 9.37 Å². The Balaban J connectivity index is 1.89. The van der Waals surface area contributed by atoms with Crippen LogP contribution in [-0.2, 0) is 11.2 Å². The predicted molar refractivity (Wildman–Crippen MR) is 67.6 cm³/mol. The highest BCUT2D eigenvalue weighted by molar-refractivity contribution is 5.94. The van der Waals surface area contributed by atoms with E-state index in [2.05, 4.69) is 10.3 Å². The fraction of sp³-hybridized carbons (Fsp3) is 0.143. The Morgan fingerprint density at radius 3 is 2.71 bits per heavy atom. The largest absolute Gasteiger partial charge is 0.436 e. The summed E-state index contributed by atoms with van der Waals surface area (Å²) in [5.74, 6) is -4.41. The second-order valence-electron chi connectivity index (χ2n) is 4.52. The van der Waals surface area contributed by atoms with E-state index in [4.69, 9.17) is 4.74 Å². The molecule has 2 aromatic rings. The van der Waals surface area contributed by atoms with E-state index in [1.165, 1.54) is 6.07 Å². The summed E-state index contributed by atoms with van der Waals surface area (Å²) >= 11 is 0. The van der Waals surface area contributed by atoms with Crippen molar-refractivity contribution in [2.75, 3.05) is 5.32 Å². The normalized spacial score (nSPS) is 13.6. The van der Waals surface area contributed by atoms with E-state index >= 15 is 0 Å². The topological polar surface area (TPSA) is 51.2 Å². The first-order valence-electron chi connectivity index (χ1n) is 6.15. The number of halogens is 3. The van der Waals surface area contributed by atoms with Crippen molar-refractivity contribution in [3.63, 3.8) is 0 Å². The molecule has 1 N–H and O–H groups in total. The molecule has 3 rings (SSSR count). The quantitative estimate of drug-likeness (QED) is 0.865. The lowest BCUT2D eigenvalue weighted by atomic mass is 10.0. The first-order chi connectivity index (χ1) is 10.0. The lowest BCUT2D eigenvalue weighted by Gasteiger charge is -2.17. The third kappa shape index (κ3) is 2.67. The van der Waals surface area contributed by atoms with Crippen molar-refractivity contribution in [1.29, 1.82) is 0 Å². The van der Waals surface area contributed by atoms with Crippen molar-refractivity contribution >= 4 is 11.6 Å². The van der Waals surface area contributed by atoms with Crippen molar-refractivity contribution in [3.05, 3.63) is 47.4 Å². The Hall–Kier alpha value is -2.57. The molecule has 0 radical (unpaired) electrons. The number of hydrogen-bond acceptors (Lipinski definition) is 3. The molecular formula is C14H9F3N2O2. The molecule has 0 bridgehead atoms. The van der Waals surface area contributed by atoms with Crippen LogP contribution in [0.3, 0.4) is 0 Å². The summed E-state index contributed by atoms with van der Waals surface area (Å²) < 4.78 is 44.4. The minimum absolute atomic E-state index is 0.0792. The van der Waals surface area contributed by atoms with Crippen LogP contribution in [0.15, 0.2) is 24.3 Å². The Morgan fingerprint density at radius 1 is 1.10 bits per heavy atom. The molecule has 1 aromatic heterocycles. The smallest absolute Gasteiger partial charge is 0.258 e. The van der Waals surface area contributed by atoms with Gasteiger partial charge in [0, 0.05) is 18.2 Å². The van der Waals surface area contributed by atoms with Crippen LogP contribution in [0.2, 0.25) is 0 Å². The summed E-state index contributed by atoms with van der Waals surface area (Å²) in [4.78, 5) is 14.3. The number of aromatic nitrogens is 1. The Kier molecular flexibility index (Phi) is 3.25. The second kappa shape index (κ2) is 5.08. The standard InChI is InChI=1S/C14H9F3N2O2/c15-9-6-10(16)14(19-13(9)17)21-8-2-3-11-7(5-8)1-4-12(20)18-11/h2-3,5-6H,1,4H2,(H,18,20). The third-order valence-electron chi connectivity index (χ3n) is 3.04. The van der Waals surface area contributed by atoms with Crippen LogP contribution >= 0.6 is 0 Å². The van der Waals surface area contributed by atoms with Crippen LogP contribution < -0.4 is 10.1 Å². The first kappa shape index (κ1) is 13.4. The maximum atomic E-state index is 13.5. The summed E-state index contributed by atoms with van der Waals surface area (Å²) in [6.45, 7) is 0. The number of pyridine rings is 1. The highest BCUT2D eigenvalue weighted by Crippen LogP contribution is 2.30. The summed E-state index contributed by atoms with van der Waals surface area (Å²) in [7, 11) is 0. The highest BCUT2D eigenvalue weighted by atomic mass is 19.2. The molecular weight excluding hydrogens is 285 g/mol. The summed E-state index contributed by atoms with van der Waals surface area (Å²) in [6, 6.07) is 5.04. The number of benzene rings is 1. The highest BCUT2D eigenvalue weighted by Gasteiger charge is 2.17. The number of anilines is 1. The van der Waals surface area contributed by atoms with E-state index in [1.807, 2.05) is 0 Å². The van der Waals surface area contributed by atoms with Gasteiger partial charge in [0.1, 0.15) is 5.75 Å². The van der Waals surface area contributed by atoms with Gasteiger partial charge in [0.05, 0.1) is 0 Å². The molecule has 2 heterocycles. The zero-order valence-electron chi connectivity index (χ0n) is 10.6. The molecule has 1 aliphatic rings. The van der Waals surface area contributed by atoms with Gasteiger partial charge in [0.25, 0.3) is 11.8 Å². The van der Waals surface area contributed by atoms with Crippen molar-refractivity contribution in [1.82, 2.24) is 4.98 Å². The first-order valence-corrected chi connectivity index (χ1v) is 6.15. The Bertz CT molecular complexity index is 734. The van der Waals surface area contributed by atoms with Gasteiger partial charge in [0.15, 0.2) is 11.6 Å². The molecule has 0 atom stereocenters. The van der Waals surface area contributed by atoms with Gasteiger partial charge in [-0.3, -0.25) is 4.79 Å². The van der Waals surface area contributed by atoms with Crippen molar-refractivity contribution in [3.8, 4) is 11.6 Å². The number of carbonyl (C=O) groups is 1. The van der Waals surface area contributed by atoms with Crippen LogP contribution in [0, 0.1) is 17.6 Å². The van der Waals surface area contributed by atoms with Crippen molar-refractivity contribution < 1.29 is 22.7 Å². The number of nitrogens with zero attached hydrogens (tertiary/aromatic N) is 1. The number of hydrogen-bond donors (Lipinski definition) is 1. The molecule has 1 aromatic carbocycles. The fourth-order valence-electron chi connectivity index (χ4n) is 2.03. The third-order valence-corrected chi connectivity index (χ3v) is 3.04. The average molecular weight is 294 g/mol. The van der Waals surface area contributed by atoms with E-state index in [-0.39, 0.29) is 11.7 Å². The van der Waals surface area contributed by atoms with Crippen LogP contribution in [0.5, 0.6) is 11.6 Å². The molecule has 0 saturated heterocycles. The minimum atomic E-state index is -1.43. The maximum absolute atomic E-state index is 13.5. The molecule has 0 unspecified atom stereocenters. The van der Waals surface area contributed by atoms with Crippen LogP contribution in [-0.4, -0.2) is 10.9 Å². The van der Waals surface area contributed by atoms with Crippen molar-refractivity contribution in [2.45, 2.75) is 12.8 Å². The minimum Gasteiger partial charge on any atom is -0.436 e. The number of amides is 1. The molecule has 21 heavy (non-hydrogen) atoms. The summed E-state index contributed by atoms with van der Waals surface area (Å²) in [5, 5.41) is 2.69. The van der Waals surface area contributed by atoms with E-state index < -0.39 is 23.5 Å². The molecule has 0 saturated carbocycles. The van der Waals surface area contributed by atoms with Crippen molar-refractivity contribution in [2.24, 2.45) is 0 Å². The Morgan fingerprint density at radius 2 is 1.90 bits per heavy atom. The number of rotatable bonds is 2. The molecule has 0 fully saturated rings. The average Bonchev–Trinajstić information content (AvgIpc) is 2.45. The summed E-state index contributed by atoms with van der Waals surface area (Å²) in [5.41, 5.74) is 1.47. The zero-order chi connectivity index (χ0) is 15.0. The van der Waals surface area contributed by atoms with Gasteiger partial charge >= 0.3 is 0 Å². The van der Waals surface area contributed by atoms with E-state index in [9.17, 15) is 18.0 Å². The zero-order valence-corrected chi connectivity index (χ0v) is 10.6. The molecule has 0 spiro atoms. The van der Waals surface area contributed by atoms with Crippen LogP contribution in [0.4, 0.5) is 18.9 Å². The lowest BCUT2D eigenvalue weighted by Crippen LogP contribution is -2.18. The molecule has 0 aliphatic carbocycles. The number of nitrogens with one attached hydrogen (secondary N) is 1. The van der Waals surface area contributed by atoms with E-state index in [1.54, 1.807) is 12.1 Å². The van der Waals surface area contributed by atoms with Gasteiger partial charge < -0.3 is 10.1 Å². The molecule has 1 amide bonds. The monoisotopic (exact) mass is 294 g/mol. The second-order valence-corrected chi connectivity index (χ2v) is 4.52. The number of ether oxygens (including phenoxy) is 1. The molecule has 1 aliphatic heterocycles. The molecule has 4 nitrogen and oxygen atoms in total. The maximum Gasteiger partial charge on any atom is 0.258 e. The van der Waals surface area contributed by atoms with E-state index in [0.717, 1.165) is 5.56 Å². The summed E-state index contributed by atoms with van der Waals surface area (Å²) in [6.07, 6.45) is 0.861. The fourth-order valence-corrected chi connectivity index (χ4v) is 2.03. The van der Waals surface area contributed by atoms with Gasteiger partial charge in [-0.05, 0) is 30.2 Å². The van der Waals surface area contributed by atoms with Gasteiger partial charge in [-0.15, -0.1) is 0 Å². The van der Waals surface area contributed by atoms with Gasteiger partial charge in [-0.25, -0.2) is 8.78 Å². The van der Waals surface area contributed by atoms with Crippen LogP contribution in [0.25, 0.3) is 0 Å². The van der Waals surface area contributed by atoms with E-state index in [0.29, 0.717) is 24.6 Å². The van der Waals surface area contributed by atoms with Crippen LogP contribution in [0.1, 0.15) is 12.0 Å². The molecule has 7 heteroatoms. The lowest BCUT2D eigenvalue weighted by molar-refractivity contribution is -0.116.